The van der Waals surface area contributed by atoms with Gasteiger partial charge in [0, 0.05) is 11.6 Å². The van der Waals surface area contributed by atoms with E-state index in [1.54, 1.807) is 0 Å². The highest BCUT2D eigenvalue weighted by atomic mass is 35.5. The Balaban J connectivity index is 2.01. The summed E-state index contributed by atoms with van der Waals surface area (Å²) in [6.45, 7) is 0.578. The first-order valence-corrected chi connectivity index (χ1v) is 8.97. The Bertz CT molecular complexity index is 658. The van der Waals surface area contributed by atoms with E-state index in [0.717, 1.165) is 12.8 Å². The summed E-state index contributed by atoms with van der Waals surface area (Å²) >= 11 is 5.71. The summed E-state index contributed by atoms with van der Waals surface area (Å²) in [5.74, 6) is -1.65. The Morgan fingerprint density at radius 3 is 2.64 bits per heavy atom. The number of carbonyl (C=O) groups is 2. The Labute approximate surface area is 134 Å². The van der Waals surface area contributed by atoms with E-state index < -0.39 is 27.5 Å². The summed E-state index contributed by atoms with van der Waals surface area (Å²) < 4.78 is 24.3. The highest BCUT2D eigenvalue weighted by molar-refractivity contribution is 7.92. The zero-order valence-electron chi connectivity index (χ0n) is 11.8. The summed E-state index contributed by atoms with van der Waals surface area (Å²) in [5, 5.41) is 5.59. The average Bonchev–Trinajstić information content (AvgIpc) is 2.64. The number of amides is 2. The van der Waals surface area contributed by atoms with E-state index >= 15 is 0 Å². The zero-order chi connectivity index (χ0) is 16.2. The van der Waals surface area contributed by atoms with Gasteiger partial charge in [0.2, 0.25) is 11.8 Å². The van der Waals surface area contributed by atoms with Gasteiger partial charge in [0.25, 0.3) is 0 Å². The largest absolute Gasteiger partial charge is 0.354 e. The minimum Gasteiger partial charge on any atom is -0.354 e. The van der Waals surface area contributed by atoms with Crippen molar-refractivity contribution in [1.29, 1.82) is 0 Å². The second-order valence-electron chi connectivity index (χ2n) is 5.12. The monoisotopic (exact) mass is 344 g/mol. The minimum atomic E-state index is -3.76. The van der Waals surface area contributed by atoms with Gasteiger partial charge in [0.1, 0.15) is 11.8 Å². The van der Waals surface area contributed by atoms with Gasteiger partial charge < -0.3 is 10.6 Å². The van der Waals surface area contributed by atoms with Crippen LogP contribution in [0, 0.1) is 0 Å². The first-order chi connectivity index (χ1) is 10.4. The lowest BCUT2D eigenvalue weighted by Crippen LogP contribution is -2.47. The predicted octanol–water partition coefficient (Wildman–Crippen LogP) is 0.899. The van der Waals surface area contributed by atoms with E-state index in [-0.39, 0.29) is 10.8 Å². The molecule has 0 unspecified atom stereocenters. The lowest BCUT2D eigenvalue weighted by molar-refractivity contribution is -0.127. The molecule has 1 atom stereocenters. The van der Waals surface area contributed by atoms with E-state index in [1.807, 2.05) is 0 Å². The molecule has 2 N–H and O–H groups in total. The van der Waals surface area contributed by atoms with E-state index in [1.165, 1.54) is 24.3 Å². The van der Waals surface area contributed by atoms with Crippen LogP contribution in [-0.4, -0.2) is 38.6 Å². The van der Waals surface area contributed by atoms with Crippen molar-refractivity contribution in [2.45, 2.75) is 30.2 Å². The molecule has 0 aromatic heterocycles. The highest BCUT2D eigenvalue weighted by Gasteiger charge is 2.25. The van der Waals surface area contributed by atoms with Gasteiger partial charge in [-0.1, -0.05) is 11.6 Å². The van der Waals surface area contributed by atoms with Crippen LogP contribution in [0.4, 0.5) is 0 Å². The van der Waals surface area contributed by atoms with E-state index in [9.17, 15) is 18.0 Å². The molecule has 8 heteroatoms. The van der Waals surface area contributed by atoms with Crippen molar-refractivity contribution in [3.63, 3.8) is 0 Å². The van der Waals surface area contributed by atoms with Crippen LogP contribution >= 0.6 is 11.6 Å². The normalized spacial score (nSPS) is 19.1. The Hall–Kier alpha value is -1.60. The molecule has 1 aliphatic rings. The number of nitrogens with one attached hydrogen (secondary N) is 2. The molecule has 1 fully saturated rings. The number of benzene rings is 1. The number of halogens is 1. The first kappa shape index (κ1) is 16.8. The maximum Gasteiger partial charge on any atom is 0.242 e. The molecule has 1 heterocycles. The van der Waals surface area contributed by atoms with Crippen LogP contribution in [0.5, 0.6) is 0 Å². The Morgan fingerprint density at radius 1 is 1.27 bits per heavy atom. The van der Waals surface area contributed by atoms with Gasteiger partial charge in [-0.05, 0) is 43.5 Å². The molecule has 0 aliphatic carbocycles. The molecule has 0 spiro atoms. The van der Waals surface area contributed by atoms with Crippen molar-refractivity contribution >= 4 is 33.3 Å². The molecule has 2 amide bonds. The molecule has 0 radical (unpaired) electrons. The SMILES string of the molecule is O=C(CS(=O)(=O)c1ccc(Cl)cc1)N[C@@H]1CCCCNC1=O. The lowest BCUT2D eigenvalue weighted by atomic mass is 10.1. The van der Waals surface area contributed by atoms with Crippen LogP contribution in [0.2, 0.25) is 5.02 Å². The molecular weight excluding hydrogens is 328 g/mol. The van der Waals surface area contributed by atoms with Crippen LogP contribution in [0.1, 0.15) is 19.3 Å². The number of rotatable bonds is 4. The third kappa shape index (κ3) is 4.45. The zero-order valence-corrected chi connectivity index (χ0v) is 13.4. The number of hydrogen-bond donors (Lipinski definition) is 2. The second kappa shape index (κ2) is 7.11. The first-order valence-electron chi connectivity index (χ1n) is 6.94. The molecule has 2 rings (SSSR count). The fourth-order valence-electron chi connectivity index (χ4n) is 2.21. The third-order valence-corrected chi connectivity index (χ3v) is 5.25. The molecule has 1 saturated heterocycles. The molecule has 22 heavy (non-hydrogen) atoms. The van der Waals surface area contributed by atoms with Crippen LogP contribution in [0.25, 0.3) is 0 Å². The van der Waals surface area contributed by atoms with E-state index in [0.29, 0.717) is 18.0 Å². The van der Waals surface area contributed by atoms with Gasteiger partial charge in [-0.25, -0.2) is 8.42 Å². The third-order valence-electron chi connectivity index (χ3n) is 3.36. The summed E-state index contributed by atoms with van der Waals surface area (Å²) in [7, 11) is -3.76. The number of carbonyl (C=O) groups excluding carboxylic acids is 2. The van der Waals surface area contributed by atoms with Crippen LogP contribution < -0.4 is 10.6 Å². The second-order valence-corrected chi connectivity index (χ2v) is 7.55. The lowest BCUT2D eigenvalue weighted by Gasteiger charge is -2.15. The van der Waals surface area contributed by atoms with Gasteiger partial charge in [0.15, 0.2) is 9.84 Å². The molecular formula is C14H17ClN2O4S. The molecule has 0 bridgehead atoms. The number of sulfone groups is 1. The van der Waals surface area contributed by atoms with Crippen molar-refractivity contribution in [3.8, 4) is 0 Å². The van der Waals surface area contributed by atoms with Gasteiger partial charge >= 0.3 is 0 Å². The molecule has 0 saturated carbocycles. The fraction of sp³-hybridized carbons (Fsp3) is 0.429. The minimum absolute atomic E-state index is 0.0253. The van der Waals surface area contributed by atoms with E-state index in [4.69, 9.17) is 11.6 Å². The predicted molar refractivity (Wildman–Crippen MR) is 82.3 cm³/mol. The van der Waals surface area contributed by atoms with Crippen LogP contribution in [0.15, 0.2) is 29.2 Å². The summed E-state index contributed by atoms with van der Waals surface area (Å²) in [4.78, 5) is 23.7. The summed E-state index contributed by atoms with van der Waals surface area (Å²) in [6.07, 6.45) is 2.16. The van der Waals surface area contributed by atoms with Crippen molar-refractivity contribution < 1.29 is 18.0 Å². The molecule has 1 aromatic carbocycles. The van der Waals surface area contributed by atoms with Crippen molar-refractivity contribution in [2.75, 3.05) is 12.3 Å². The topological polar surface area (TPSA) is 92.3 Å². The molecule has 120 valence electrons. The van der Waals surface area contributed by atoms with Gasteiger partial charge in [0.05, 0.1) is 4.90 Å². The standard InChI is InChI=1S/C14H17ClN2O4S/c15-10-4-6-11(7-5-10)22(20,21)9-13(18)17-12-3-1-2-8-16-14(12)19/h4-7,12H,1-3,8-9H2,(H,16,19)(H,17,18)/t12-/m1/s1. The van der Waals surface area contributed by atoms with Crippen LogP contribution in [-0.2, 0) is 19.4 Å². The summed E-state index contributed by atoms with van der Waals surface area (Å²) in [6, 6.07) is 4.93. The van der Waals surface area contributed by atoms with E-state index in [2.05, 4.69) is 10.6 Å². The average molecular weight is 345 g/mol. The fourth-order valence-corrected chi connectivity index (χ4v) is 3.48. The Kier molecular flexibility index (Phi) is 5.42. The molecule has 6 nitrogen and oxygen atoms in total. The van der Waals surface area contributed by atoms with Crippen molar-refractivity contribution in [3.05, 3.63) is 29.3 Å². The Morgan fingerprint density at radius 2 is 1.95 bits per heavy atom. The van der Waals surface area contributed by atoms with Crippen LogP contribution in [0.3, 0.4) is 0 Å². The maximum atomic E-state index is 12.1. The van der Waals surface area contributed by atoms with Gasteiger partial charge in [-0.2, -0.15) is 0 Å². The quantitative estimate of drug-likeness (QED) is 0.848. The number of hydrogen-bond acceptors (Lipinski definition) is 4. The highest BCUT2D eigenvalue weighted by Crippen LogP contribution is 2.15. The van der Waals surface area contributed by atoms with Crippen molar-refractivity contribution in [1.82, 2.24) is 10.6 Å². The summed E-state index contributed by atoms with van der Waals surface area (Å²) in [5.41, 5.74) is 0. The van der Waals surface area contributed by atoms with Gasteiger partial charge in [-0.15, -0.1) is 0 Å². The smallest absolute Gasteiger partial charge is 0.242 e. The van der Waals surface area contributed by atoms with Gasteiger partial charge in [-0.3, -0.25) is 9.59 Å². The van der Waals surface area contributed by atoms with Crippen molar-refractivity contribution in [2.24, 2.45) is 0 Å². The molecule has 1 aliphatic heterocycles. The molecule has 1 aromatic rings. The maximum absolute atomic E-state index is 12.1.